The van der Waals surface area contributed by atoms with E-state index in [1.165, 1.54) is 34.6 Å². The van der Waals surface area contributed by atoms with Crippen molar-refractivity contribution in [1.82, 2.24) is 4.31 Å². The van der Waals surface area contributed by atoms with Crippen LogP contribution >= 0.6 is 0 Å². The smallest absolute Gasteiger partial charge is 0.243 e. The molecule has 2 aromatic rings. The fraction of sp³-hybridized carbons (Fsp3) is 0.364. The van der Waals surface area contributed by atoms with Crippen LogP contribution in [0.3, 0.4) is 0 Å². The third-order valence-electron chi connectivity index (χ3n) is 5.75. The number of sulfonamides is 1. The Balaban J connectivity index is 1.46. The van der Waals surface area contributed by atoms with E-state index >= 15 is 0 Å². The maximum absolute atomic E-state index is 13.8. The van der Waals surface area contributed by atoms with E-state index < -0.39 is 27.7 Å². The molecule has 0 radical (unpaired) electrons. The van der Waals surface area contributed by atoms with Gasteiger partial charge in [-0.15, -0.1) is 0 Å². The van der Waals surface area contributed by atoms with Crippen molar-refractivity contribution >= 4 is 33.2 Å². The van der Waals surface area contributed by atoms with Crippen LogP contribution in [-0.4, -0.2) is 44.2 Å². The molecule has 4 rings (SSSR count). The minimum atomic E-state index is -3.79. The van der Waals surface area contributed by atoms with Crippen LogP contribution in [0, 0.1) is 11.7 Å². The lowest BCUT2D eigenvalue weighted by molar-refractivity contribution is -0.121. The highest BCUT2D eigenvalue weighted by Gasteiger charge is 2.33. The van der Waals surface area contributed by atoms with Gasteiger partial charge in [0.05, 0.1) is 16.5 Å². The average Bonchev–Trinajstić information content (AvgIpc) is 3.21. The Kier molecular flexibility index (Phi) is 6.06. The number of anilines is 2. The summed E-state index contributed by atoms with van der Waals surface area (Å²) in [7, 11) is -3.79. The first-order chi connectivity index (χ1) is 14.9. The Labute approximate surface area is 180 Å². The molecule has 0 saturated carbocycles. The molecule has 0 bridgehead atoms. The second-order valence-corrected chi connectivity index (χ2v) is 9.75. The Hall–Kier alpha value is -2.78. The Bertz CT molecular complexity index is 1090. The first-order valence-corrected chi connectivity index (χ1v) is 11.8. The molecule has 2 aliphatic heterocycles. The monoisotopic (exact) mass is 445 g/mol. The van der Waals surface area contributed by atoms with Crippen LogP contribution in [0.15, 0.2) is 53.4 Å². The number of carbonyl (C=O) groups is 2. The number of nitrogens with zero attached hydrogens (tertiary/aromatic N) is 2. The molecule has 2 saturated heterocycles. The number of rotatable bonds is 5. The van der Waals surface area contributed by atoms with E-state index in [2.05, 4.69) is 5.32 Å². The van der Waals surface area contributed by atoms with Gasteiger partial charge in [0.25, 0.3) is 0 Å². The lowest BCUT2D eigenvalue weighted by Gasteiger charge is -2.31. The van der Waals surface area contributed by atoms with Gasteiger partial charge in [-0.25, -0.2) is 12.8 Å². The molecular formula is C22H24FN3O4S. The SMILES string of the molecule is O=C(Nc1ccccc1F)C1CCCN(S(=O)(=O)c2ccc(N3CCCC3=O)cc2)C1. The van der Waals surface area contributed by atoms with Crippen LogP contribution in [0.25, 0.3) is 0 Å². The normalized spacial score (nSPS) is 20.1. The molecule has 0 aliphatic carbocycles. The molecule has 2 amide bonds. The van der Waals surface area contributed by atoms with Crippen LogP contribution in [0.5, 0.6) is 0 Å². The van der Waals surface area contributed by atoms with Crippen LogP contribution < -0.4 is 10.2 Å². The van der Waals surface area contributed by atoms with Crippen molar-refractivity contribution in [2.24, 2.45) is 5.92 Å². The summed E-state index contributed by atoms with van der Waals surface area (Å²) >= 11 is 0. The Morgan fingerprint density at radius 2 is 1.77 bits per heavy atom. The Morgan fingerprint density at radius 3 is 2.45 bits per heavy atom. The predicted molar refractivity (Wildman–Crippen MR) is 115 cm³/mol. The lowest BCUT2D eigenvalue weighted by Crippen LogP contribution is -2.43. The maximum atomic E-state index is 13.8. The van der Waals surface area contributed by atoms with Crippen molar-refractivity contribution in [2.45, 2.75) is 30.6 Å². The van der Waals surface area contributed by atoms with Crippen LogP contribution in [0.1, 0.15) is 25.7 Å². The van der Waals surface area contributed by atoms with Gasteiger partial charge in [0.2, 0.25) is 21.8 Å². The molecule has 2 aliphatic rings. The first-order valence-electron chi connectivity index (χ1n) is 10.3. The van der Waals surface area contributed by atoms with Gasteiger partial charge in [0.1, 0.15) is 5.82 Å². The second kappa shape index (κ2) is 8.76. The quantitative estimate of drug-likeness (QED) is 0.767. The zero-order chi connectivity index (χ0) is 22.0. The maximum Gasteiger partial charge on any atom is 0.243 e. The molecule has 1 unspecified atom stereocenters. The summed E-state index contributed by atoms with van der Waals surface area (Å²) in [5.74, 6) is -1.46. The van der Waals surface area contributed by atoms with Crippen molar-refractivity contribution in [3.8, 4) is 0 Å². The molecule has 2 fully saturated rings. The lowest BCUT2D eigenvalue weighted by atomic mass is 9.98. The average molecular weight is 446 g/mol. The number of hydrogen-bond donors (Lipinski definition) is 1. The molecule has 0 spiro atoms. The van der Waals surface area contributed by atoms with Gasteiger partial charge in [0.15, 0.2) is 0 Å². The number of nitrogens with one attached hydrogen (secondary N) is 1. The minimum Gasteiger partial charge on any atom is -0.323 e. The summed E-state index contributed by atoms with van der Waals surface area (Å²) in [6.07, 6.45) is 2.37. The summed E-state index contributed by atoms with van der Waals surface area (Å²) < 4.78 is 41.4. The largest absolute Gasteiger partial charge is 0.323 e. The van der Waals surface area contributed by atoms with E-state index in [4.69, 9.17) is 0 Å². The zero-order valence-corrected chi connectivity index (χ0v) is 17.8. The molecule has 2 heterocycles. The van der Waals surface area contributed by atoms with Crippen molar-refractivity contribution in [3.63, 3.8) is 0 Å². The van der Waals surface area contributed by atoms with Crippen LogP contribution in [-0.2, 0) is 19.6 Å². The molecule has 7 nitrogen and oxygen atoms in total. The number of para-hydroxylation sites is 1. The molecule has 0 aromatic heterocycles. The van der Waals surface area contributed by atoms with Crippen molar-refractivity contribution in [3.05, 3.63) is 54.3 Å². The molecular weight excluding hydrogens is 421 g/mol. The van der Waals surface area contributed by atoms with Crippen LogP contribution in [0.4, 0.5) is 15.8 Å². The van der Waals surface area contributed by atoms with E-state index in [-0.39, 0.29) is 23.0 Å². The highest BCUT2D eigenvalue weighted by molar-refractivity contribution is 7.89. The van der Waals surface area contributed by atoms with E-state index in [1.54, 1.807) is 23.1 Å². The van der Waals surface area contributed by atoms with Gasteiger partial charge >= 0.3 is 0 Å². The van der Waals surface area contributed by atoms with Crippen LogP contribution in [0.2, 0.25) is 0 Å². The third kappa shape index (κ3) is 4.47. The summed E-state index contributed by atoms with van der Waals surface area (Å²) in [5, 5.41) is 2.56. The van der Waals surface area contributed by atoms with E-state index in [1.807, 2.05) is 0 Å². The van der Waals surface area contributed by atoms with Gasteiger partial charge in [-0.3, -0.25) is 9.59 Å². The topological polar surface area (TPSA) is 86.8 Å². The summed E-state index contributed by atoms with van der Waals surface area (Å²) in [5.41, 5.74) is 0.766. The molecule has 2 aromatic carbocycles. The summed E-state index contributed by atoms with van der Waals surface area (Å²) in [4.78, 5) is 26.3. The zero-order valence-electron chi connectivity index (χ0n) is 17.0. The number of halogens is 1. The van der Waals surface area contributed by atoms with Crippen molar-refractivity contribution in [1.29, 1.82) is 0 Å². The van der Waals surface area contributed by atoms with Gasteiger partial charge < -0.3 is 10.2 Å². The standard InChI is InChI=1S/C22H24FN3O4S/c23-19-6-1-2-7-20(19)24-22(28)16-5-3-13-25(15-16)31(29,30)18-11-9-17(10-12-18)26-14-4-8-21(26)27/h1-2,6-7,9-12,16H,3-5,8,13-15H2,(H,24,28). The predicted octanol–water partition coefficient (Wildman–Crippen LogP) is 2.99. The van der Waals surface area contributed by atoms with E-state index in [9.17, 15) is 22.4 Å². The van der Waals surface area contributed by atoms with Crippen molar-refractivity contribution < 1.29 is 22.4 Å². The number of piperidine rings is 1. The number of hydrogen-bond acceptors (Lipinski definition) is 4. The highest BCUT2D eigenvalue weighted by Crippen LogP contribution is 2.28. The molecule has 1 N–H and O–H groups in total. The second-order valence-electron chi connectivity index (χ2n) is 7.81. The summed E-state index contributed by atoms with van der Waals surface area (Å²) in [6, 6.07) is 12.2. The highest BCUT2D eigenvalue weighted by atomic mass is 32.2. The number of amides is 2. The number of carbonyl (C=O) groups excluding carboxylic acids is 2. The minimum absolute atomic E-state index is 0.0367. The van der Waals surface area contributed by atoms with Gasteiger partial charge in [0, 0.05) is 31.7 Å². The molecule has 31 heavy (non-hydrogen) atoms. The first kappa shape index (κ1) is 21.5. The fourth-order valence-electron chi connectivity index (χ4n) is 4.04. The third-order valence-corrected chi connectivity index (χ3v) is 7.63. The number of benzene rings is 2. The van der Waals surface area contributed by atoms with E-state index in [0.29, 0.717) is 38.0 Å². The molecule has 9 heteroatoms. The fourth-order valence-corrected chi connectivity index (χ4v) is 5.56. The van der Waals surface area contributed by atoms with Gasteiger partial charge in [-0.1, -0.05) is 12.1 Å². The van der Waals surface area contributed by atoms with Gasteiger partial charge in [-0.05, 0) is 55.7 Å². The molecule has 164 valence electrons. The van der Waals surface area contributed by atoms with Crippen molar-refractivity contribution in [2.75, 3.05) is 29.9 Å². The Morgan fingerprint density at radius 1 is 1.03 bits per heavy atom. The summed E-state index contributed by atoms with van der Waals surface area (Å²) in [6.45, 7) is 0.989. The van der Waals surface area contributed by atoms with E-state index in [0.717, 1.165) is 6.42 Å². The molecule has 1 atom stereocenters. The van der Waals surface area contributed by atoms with Gasteiger partial charge in [-0.2, -0.15) is 4.31 Å².